The summed E-state index contributed by atoms with van der Waals surface area (Å²) >= 11 is 0. The van der Waals surface area contributed by atoms with Crippen molar-refractivity contribution >= 4 is 17.8 Å². The summed E-state index contributed by atoms with van der Waals surface area (Å²) in [5, 5.41) is 14.1. The number of nitrogens with one attached hydrogen (secondary N) is 2. The van der Waals surface area contributed by atoms with E-state index in [1.165, 1.54) is 7.05 Å². The number of carbonyl (C=O) groups excluding carboxylic acids is 2. The zero-order chi connectivity index (χ0) is 18.1. The average molecular weight is 336 g/mol. The van der Waals surface area contributed by atoms with Crippen molar-refractivity contribution in [1.82, 2.24) is 10.6 Å². The fourth-order valence-corrected chi connectivity index (χ4v) is 2.09. The highest BCUT2D eigenvalue weighted by molar-refractivity contribution is 5.84. The highest BCUT2D eigenvalue weighted by Gasteiger charge is 2.21. The second kappa shape index (κ2) is 9.54. The summed E-state index contributed by atoms with van der Waals surface area (Å²) in [5.74, 6) is -1.03. The molecule has 7 nitrogen and oxygen atoms in total. The first kappa shape index (κ1) is 19.5. The van der Waals surface area contributed by atoms with Gasteiger partial charge in [0, 0.05) is 7.05 Å². The molecule has 3 N–H and O–H groups in total. The molecule has 0 spiro atoms. The molecule has 0 radical (unpaired) electrons. The molecule has 1 aromatic rings. The second-order valence-electron chi connectivity index (χ2n) is 5.87. The van der Waals surface area contributed by atoms with Crippen LogP contribution in [0.1, 0.15) is 25.8 Å². The Kier molecular flexibility index (Phi) is 7.74. The van der Waals surface area contributed by atoms with Crippen molar-refractivity contribution in [3.8, 4) is 5.75 Å². The third-order valence-corrected chi connectivity index (χ3v) is 3.25. The normalized spacial score (nSPS) is 11.7. The van der Waals surface area contributed by atoms with Crippen LogP contribution in [0, 0.1) is 5.92 Å². The molecule has 1 aromatic carbocycles. The maximum absolute atomic E-state index is 12.1. The van der Waals surface area contributed by atoms with Gasteiger partial charge in [-0.3, -0.25) is 9.59 Å². The van der Waals surface area contributed by atoms with E-state index in [1.54, 1.807) is 24.3 Å². The molecular formula is C17H24N2O5. The quantitative estimate of drug-likeness (QED) is 0.623. The number of hydrogen-bond donors (Lipinski definition) is 3. The average Bonchev–Trinajstić information content (AvgIpc) is 2.51. The molecule has 0 aliphatic carbocycles. The summed E-state index contributed by atoms with van der Waals surface area (Å²) < 4.78 is 5.31. The molecule has 0 aliphatic heterocycles. The van der Waals surface area contributed by atoms with E-state index in [1.807, 2.05) is 13.8 Å². The molecule has 0 aromatic heterocycles. The standard InChI is InChI=1S/C17H24N2O5/c1-11(2)7-14(17(22)23)19-15(20)9-12-5-4-6-13(8-12)24-10-16(21)18-3/h4-6,8,11,14H,7,9-10H2,1-3H3,(H,18,21)(H,19,20)(H,22,23)/t14-/m0/s1. The van der Waals surface area contributed by atoms with E-state index < -0.39 is 12.0 Å². The van der Waals surface area contributed by atoms with Gasteiger partial charge in [0.15, 0.2) is 6.61 Å². The molecule has 0 saturated heterocycles. The number of likely N-dealkylation sites (N-methyl/N-ethyl adjacent to an activating group) is 1. The van der Waals surface area contributed by atoms with E-state index in [0.717, 1.165) is 0 Å². The zero-order valence-corrected chi connectivity index (χ0v) is 14.2. The SMILES string of the molecule is CNC(=O)COc1cccc(CC(=O)N[C@@H](CC(C)C)C(=O)O)c1. The number of carbonyl (C=O) groups is 3. The van der Waals surface area contributed by atoms with Gasteiger partial charge in [-0.1, -0.05) is 26.0 Å². The van der Waals surface area contributed by atoms with Crippen LogP contribution in [0.25, 0.3) is 0 Å². The van der Waals surface area contributed by atoms with E-state index in [2.05, 4.69) is 10.6 Å². The van der Waals surface area contributed by atoms with Crippen molar-refractivity contribution in [3.63, 3.8) is 0 Å². The Hall–Kier alpha value is -2.57. The summed E-state index contributed by atoms with van der Waals surface area (Å²) in [6, 6.07) is 5.89. The molecule has 1 rings (SSSR count). The maximum Gasteiger partial charge on any atom is 0.326 e. The fraction of sp³-hybridized carbons (Fsp3) is 0.471. The third-order valence-electron chi connectivity index (χ3n) is 3.25. The summed E-state index contributed by atoms with van der Waals surface area (Å²) in [6.45, 7) is 3.69. The van der Waals surface area contributed by atoms with Gasteiger partial charge in [-0.25, -0.2) is 4.79 Å². The van der Waals surface area contributed by atoms with Crippen LogP contribution < -0.4 is 15.4 Å². The Labute approximate surface area is 141 Å². The van der Waals surface area contributed by atoms with Crippen LogP contribution in [0.15, 0.2) is 24.3 Å². The van der Waals surface area contributed by atoms with Gasteiger partial charge in [-0.2, -0.15) is 0 Å². The lowest BCUT2D eigenvalue weighted by Gasteiger charge is -2.16. The number of carboxylic acid groups (broad SMARTS) is 1. The second-order valence-corrected chi connectivity index (χ2v) is 5.87. The van der Waals surface area contributed by atoms with Crippen LogP contribution in [0.2, 0.25) is 0 Å². The lowest BCUT2D eigenvalue weighted by atomic mass is 10.0. The summed E-state index contributed by atoms with van der Waals surface area (Å²) in [4.78, 5) is 34.4. The van der Waals surface area contributed by atoms with Crippen molar-refractivity contribution in [1.29, 1.82) is 0 Å². The minimum absolute atomic E-state index is 0.0407. The maximum atomic E-state index is 12.1. The van der Waals surface area contributed by atoms with Crippen LogP contribution >= 0.6 is 0 Å². The predicted octanol–water partition coefficient (Wildman–Crippen LogP) is 0.969. The monoisotopic (exact) mass is 336 g/mol. The molecule has 0 fully saturated rings. The Balaban J connectivity index is 2.63. The van der Waals surface area contributed by atoms with Crippen molar-refractivity contribution in [2.75, 3.05) is 13.7 Å². The van der Waals surface area contributed by atoms with Gasteiger partial charge in [0.2, 0.25) is 5.91 Å². The van der Waals surface area contributed by atoms with Crippen LogP contribution in [0.3, 0.4) is 0 Å². The largest absolute Gasteiger partial charge is 0.484 e. The van der Waals surface area contributed by atoms with Gasteiger partial charge < -0.3 is 20.5 Å². The minimum atomic E-state index is -1.04. The number of aliphatic carboxylic acids is 1. The first-order chi connectivity index (χ1) is 11.3. The number of ether oxygens (including phenoxy) is 1. The molecule has 0 bridgehead atoms. The molecule has 0 unspecified atom stereocenters. The number of amides is 2. The smallest absolute Gasteiger partial charge is 0.326 e. The van der Waals surface area contributed by atoms with Crippen LogP contribution in [0.5, 0.6) is 5.75 Å². The number of hydrogen-bond acceptors (Lipinski definition) is 4. The van der Waals surface area contributed by atoms with Gasteiger partial charge in [-0.05, 0) is 30.0 Å². The molecule has 0 aliphatic rings. The topological polar surface area (TPSA) is 105 Å². The highest BCUT2D eigenvalue weighted by Crippen LogP contribution is 2.14. The molecule has 7 heteroatoms. The van der Waals surface area contributed by atoms with Crippen LogP contribution in [-0.4, -0.2) is 42.6 Å². The zero-order valence-electron chi connectivity index (χ0n) is 14.2. The van der Waals surface area contributed by atoms with Crippen LogP contribution in [-0.2, 0) is 20.8 Å². The summed E-state index contributed by atoms with van der Waals surface area (Å²) in [7, 11) is 1.52. The van der Waals surface area contributed by atoms with Gasteiger partial charge in [0.25, 0.3) is 5.91 Å². The number of benzene rings is 1. The van der Waals surface area contributed by atoms with Crippen molar-refractivity contribution in [2.45, 2.75) is 32.7 Å². The van der Waals surface area contributed by atoms with E-state index in [9.17, 15) is 14.4 Å². The molecule has 24 heavy (non-hydrogen) atoms. The lowest BCUT2D eigenvalue weighted by Crippen LogP contribution is -2.42. The molecule has 0 saturated carbocycles. The van der Waals surface area contributed by atoms with E-state index in [0.29, 0.717) is 17.7 Å². The molecule has 132 valence electrons. The van der Waals surface area contributed by atoms with Gasteiger partial charge in [0.1, 0.15) is 11.8 Å². The van der Waals surface area contributed by atoms with Crippen LogP contribution in [0.4, 0.5) is 0 Å². The number of carboxylic acids is 1. The van der Waals surface area contributed by atoms with E-state index in [-0.39, 0.29) is 30.8 Å². The molecule has 2 amide bonds. The third kappa shape index (κ3) is 7.13. The summed E-state index contributed by atoms with van der Waals surface area (Å²) in [5.41, 5.74) is 0.676. The highest BCUT2D eigenvalue weighted by atomic mass is 16.5. The van der Waals surface area contributed by atoms with Gasteiger partial charge >= 0.3 is 5.97 Å². The van der Waals surface area contributed by atoms with Crippen molar-refractivity contribution in [2.24, 2.45) is 5.92 Å². The van der Waals surface area contributed by atoms with Crippen molar-refractivity contribution in [3.05, 3.63) is 29.8 Å². The van der Waals surface area contributed by atoms with Gasteiger partial charge in [0.05, 0.1) is 6.42 Å². The lowest BCUT2D eigenvalue weighted by molar-refractivity contribution is -0.142. The van der Waals surface area contributed by atoms with E-state index >= 15 is 0 Å². The predicted molar refractivity (Wildman–Crippen MR) is 88.7 cm³/mol. The summed E-state index contributed by atoms with van der Waals surface area (Å²) in [6.07, 6.45) is 0.412. The molecule has 1 atom stereocenters. The fourth-order valence-electron chi connectivity index (χ4n) is 2.09. The first-order valence-electron chi connectivity index (χ1n) is 7.76. The van der Waals surface area contributed by atoms with E-state index in [4.69, 9.17) is 9.84 Å². The van der Waals surface area contributed by atoms with Crippen molar-refractivity contribution < 1.29 is 24.2 Å². The minimum Gasteiger partial charge on any atom is -0.484 e. The molecular weight excluding hydrogens is 312 g/mol. The Morgan fingerprint density at radius 1 is 1.21 bits per heavy atom. The van der Waals surface area contributed by atoms with Gasteiger partial charge in [-0.15, -0.1) is 0 Å². The molecule has 0 heterocycles. The first-order valence-corrected chi connectivity index (χ1v) is 7.76. The Morgan fingerprint density at radius 2 is 1.92 bits per heavy atom. The Morgan fingerprint density at radius 3 is 2.50 bits per heavy atom. The number of rotatable bonds is 9. The Bertz CT molecular complexity index is 586.